The highest BCUT2D eigenvalue weighted by Crippen LogP contribution is 2.48. The van der Waals surface area contributed by atoms with E-state index in [-0.39, 0.29) is 0 Å². The first-order valence-corrected chi connectivity index (χ1v) is 15.7. The van der Waals surface area contributed by atoms with Gasteiger partial charge in [-0.15, -0.1) is 0 Å². The van der Waals surface area contributed by atoms with Gasteiger partial charge >= 0.3 is 0 Å². The highest BCUT2D eigenvalue weighted by Gasteiger charge is 2.22. The first kappa shape index (κ1) is 25.2. The van der Waals surface area contributed by atoms with Gasteiger partial charge in [0.15, 0.2) is 11.2 Å². The van der Waals surface area contributed by atoms with Gasteiger partial charge in [-0.2, -0.15) is 0 Å². The standard InChI is InChI=1S/C44H26O2/c1-2-13-28(14-3-1)39-26-29-24-25-37-42-36(22-11-23-38(42)45-44(37)43(29)46-39)41-34-19-8-6-17-32(34)40(33-18-7-9-20-35(33)41)31-21-10-15-27-12-4-5-16-30(27)31/h1-26H. The third-order valence-corrected chi connectivity index (χ3v) is 9.47. The fraction of sp³-hybridized carbons (Fsp3) is 0. The predicted molar refractivity (Wildman–Crippen MR) is 192 cm³/mol. The van der Waals surface area contributed by atoms with Crippen molar-refractivity contribution in [3.8, 4) is 33.6 Å². The van der Waals surface area contributed by atoms with E-state index < -0.39 is 0 Å². The molecule has 0 spiro atoms. The molecular formula is C44H26O2. The van der Waals surface area contributed by atoms with Gasteiger partial charge in [0, 0.05) is 21.7 Å². The van der Waals surface area contributed by atoms with Gasteiger partial charge in [-0.25, -0.2) is 0 Å². The van der Waals surface area contributed by atoms with Crippen LogP contribution in [0.5, 0.6) is 0 Å². The number of fused-ring (bicyclic) bond motifs is 8. The van der Waals surface area contributed by atoms with Crippen molar-refractivity contribution in [3.05, 3.63) is 158 Å². The smallest absolute Gasteiger partial charge is 0.178 e. The molecule has 0 saturated heterocycles. The number of rotatable bonds is 3. The van der Waals surface area contributed by atoms with Crippen LogP contribution in [0.2, 0.25) is 0 Å². The van der Waals surface area contributed by atoms with Crippen molar-refractivity contribution in [2.24, 2.45) is 0 Å². The molecule has 10 aromatic rings. The fourth-order valence-corrected chi connectivity index (χ4v) is 7.48. The molecule has 0 aliphatic carbocycles. The Morgan fingerprint density at radius 1 is 0.348 bits per heavy atom. The van der Waals surface area contributed by atoms with Crippen LogP contribution in [0.25, 0.3) is 98.8 Å². The topological polar surface area (TPSA) is 26.3 Å². The quantitative estimate of drug-likeness (QED) is 0.193. The second-order valence-corrected chi connectivity index (χ2v) is 12.0. The normalized spacial score (nSPS) is 11.9. The molecule has 46 heavy (non-hydrogen) atoms. The average molecular weight is 587 g/mol. The monoisotopic (exact) mass is 586 g/mol. The van der Waals surface area contributed by atoms with E-state index in [1.807, 2.05) is 18.2 Å². The van der Waals surface area contributed by atoms with Gasteiger partial charge in [-0.05, 0) is 72.8 Å². The lowest BCUT2D eigenvalue weighted by molar-refractivity contribution is 0.611. The maximum Gasteiger partial charge on any atom is 0.178 e. The second-order valence-electron chi connectivity index (χ2n) is 12.0. The van der Waals surface area contributed by atoms with Gasteiger partial charge in [-0.1, -0.05) is 140 Å². The van der Waals surface area contributed by atoms with Crippen molar-refractivity contribution in [3.63, 3.8) is 0 Å². The van der Waals surface area contributed by atoms with Crippen molar-refractivity contribution in [1.82, 2.24) is 0 Å². The molecule has 0 aliphatic rings. The van der Waals surface area contributed by atoms with Crippen LogP contribution in [0.4, 0.5) is 0 Å². The van der Waals surface area contributed by atoms with Crippen molar-refractivity contribution < 1.29 is 8.83 Å². The minimum Gasteiger partial charge on any atom is -0.452 e. The Bertz CT molecular complexity index is 2740. The summed E-state index contributed by atoms with van der Waals surface area (Å²) in [6.45, 7) is 0. The largest absolute Gasteiger partial charge is 0.452 e. The molecule has 0 aliphatic heterocycles. The van der Waals surface area contributed by atoms with Crippen molar-refractivity contribution in [1.29, 1.82) is 0 Å². The fourth-order valence-electron chi connectivity index (χ4n) is 7.48. The van der Waals surface area contributed by atoms with E-state index in [4.69, 9.17) is 8.83 Å². The van der Waals surface area contributed by atoms with Gasteiger partial charge in [0.05, 0.1) is 0 Å². The molecule has 214 valence electrons. The Labute approximate surface area is 264 Å². The molecular weight excluding hydrogens is 560 g/mol. The molecule has 0 unspecified atom stereocenters. The first-order valence-electron chi connectivity index (χ1n) is 15.7. The second kappa shape index (κ2) is 9.69. The molecule has 2 heterocycles. The Morgan fingerprint density at radius 2 is 0.935 bits per heavy atom. The maximum atomic E-state index is 6.65. The number of furan rings is 2. The summed E-state index contributed by atoms with van der Waals surface area (Å²) in [6, 6.07) is 56.1. The Balaban J connectivity index is 1.31. The zero-order valence-electron chi connectivity index (χ0n) is 24.8. The molecule has 0 atom stereocenters. The van der Waals surface area contributed by atoms with E-state index in [2.05, 4.69) is 140 Å². The lowest BCUT2D eigenvalue weighted by atomic mass is 9.84. The van der Waals surface area contributed by atoms with Crippen molar-refractivity contribution in [2.75, 3.05) is 0 Å². The lowest BCUT2D eigenvalue weighted by Crippen LogP contribution is -1.92. The average Bonchev–Trinajstić information content (AvgIpc) is 3.73. The van der Waals surface area contributed by atoms with Gasteiger partial charge in [0.1, 0.15) is 11.3 Å². The van der Waals surface area contributed by atoms with Crippen LogP contribution < -0.4 is 0 Å². The Hall–Kier alpha value is -6.12. The molecule has 0 N–H and O–H groups in total. The highest BCUT2D eigenvalue weighted by molar-refractivity contribution is 6.27. The molecule has 0 bridgehead atoms. The summed E-state index contributed by atoms with van der Waals surface area (Å²) in [4.78, 5) is 0. The Kier molecular flexibility index (Phi) is 5.31. The molecule has 10 rings (SSSR count). The molecule has 2 nitrogen and oxygen atoms in total. The minimum absolute atomic E-state index is 0.777. The lowest BCUT2D eigenvalue weighted by Gasteiger charge is -2.19. The zero-order chi connectivity index (χ0) is 30.2. The minimum atomic E-state index is 0.777. The zero-order valence-corrected chi connectivity index (χ0v) is 24.8. The third-order valence-electron chi connectivity index (χ3n) is 9.47. The summed E-state index contributed by atoms with van der Waals surface area (Å²) in [5, 5.41) is 10.6. The van der Waals surface area contributed by atoms with Gasteiger partial charge in [0.25, 0.3) is 0 Å². The van der Waals surface area contributed by atoms with E-state index in [1.54, 1.807) is 0 Å². The molecule has 0 saturated carbocycles. The summed E-state index contributed by atoms with van der Waals surface area (Å²) in [5.41, 5.74) is 8.34. The molecule has 0 fully saturated rings. The van der Waals surface area contributed by atoms with Gasteiger partial charge < -0.3 is 8.83 Å². The highest BCUT2D eigenvalue weighted by atomic mass is 16.4. The van der Waals surface area contributed by atoms with E-state index in [9.17, 15) is 0 Å². The van der Waals surface area contributed by atoms with Gasteiger partial charge in [-0.3, -0.25) is 0 Å². The number of hydrogen-bond acceptors (Lipinski definition) is 2. The van der Waals surface area contributed by atoms with Crippen LogP contribution in [0.15, 0.2) is 167 Å². The Morgan fingerprint density at radius 3 is 1.67 bits per heavy atom. The molecule has 2 heteroatoms. The molecule has 0 radical (unpaired) electrons. The number of hydrogen-bond donors (Lipinski definition) is 0. The van der Waals surface area contributed by atoms with E-state index >= 15 is 0 Å². The molecule has 8 aromatic carbocycles. The summed E-state index contributed by atoms with van der Waals surface area (Å²) >= 11 is 0. The van der Waals surface area contributed by atoms with Crippen LogP contribution >= 0.6 is 0 Å². The summed E-state index contributed by atoms with van der Waals surface area (Å²) in [5.74, 6) is 0.838. The maximum absolute atomic E-state index is 6.65. The van der Waals surface area contributed by atoms with E-state index in [0.29, 0.717) is 0 Å². The van der Waals surface area contributed by atoms with E-state index in [0.717, 1.165) is 49.8 Å². The van der Waals surface area contributed by atoms with Gasteiger partial charge in [0.2, 0.25) is 0 Å². The van der Waals surface area contributed by atoms with Crippen LogP contribution in [0.3, 0.4) is 0 Å². The third kappa shape index (κ3) is 3.59. The summed E-state index contributed by atoms with van der Waals surface area (Å²) in [7, 11) is 0. The van der Waals surface area contributed by atoms with Crippen LogP contribution in [0, 0.1) is 0 Å². The van der Waals surface area contributed by atoms with Crippen LogP contribution in [0.1, 0.15) is 0 Å². The molecule has 0 amide bonds. The van der Waals surface area contributed by atoms with E-state index in [1.165, 1.54) is 49.0 Å². The van der Waals surface area contributed by atoms with Crippen molar-refractivity contribution >= 4 is 65.2 Å². The summed E-state index contributed by atoms with van der Waals surface area (Å²) in [6.07, 6.45) is 0. The first-order chi connectivity index (χ1) is 22.8. The number of benzene rings is 8. The summed E-state index contributed by atoms with van der Waals surface area (Å²) < 4.78 is 13.1. The predicted octanol–water partition coefficient (Wildman–Crippen LogP) is 12.8. The van der Waals surface area contributed by atoms with Crippen molar-refractivity contribution in [2.45, 2.75) is 0 Å². The van der Waals surface area contributed by atoms with Crippen LogP contribution in [-0.4, -0.2) is 0 Å². The molecule has 2 aromatic heterocycles. The SMILES string of the molecule is c1ccc(-c2cc3ccc4c(oc5cccc(-c6c7ccccc7c(-c7cccc8ccccc78)c7ccccc67)c54)c3o2)cc1. The van der Waals surface area contributed by atoms with Crippen LogP contribution in [-0.2, 0) is 0 Å².